The average Bonchev–Trinajstić information content (AvgIpc) is 3.39. The van der Waals surface area contributed by atoms with Gasteiger partial charge in [0.05, 0.1) is 16.6 Å². The van der Waals surface area contributed by atoms with E-state index in [0.29, 0.717) is 23.1 Å². The topological polar surface area (TPSA) is 85.2 Å². The highest BCUT2D eigenvalue weighted by Gasteiger charge is 2.32. The Morgan fingerprint density at radius 2 is 2.08 bits per heavy atom. The third-order valence-electron chi connectivity index (χ3n) is 5.75. The van der Waals surface area contributed by atoms with Gasteiger partial charge in [-0.3, -0.25) is 4.79 Å². The van der Waals surface area contributed by atoms with Gasteiger partial charge >= 0.3 is 0 Å². The van der Waals surface area contributed by atoms with E-state index in [4.69, 9.17) is 10.3 Å². The first-order chi connectivity index (χ1) is 12.5. The zero-order valence-corrected chi connectivity index (χ0v) is 15.9. The van der Waals surface area contributed by atoms with Crippen LogP contribution in [0.25, 0.3) is 11.1 Å². The number of carbonyl (C=O) groups excluding carboxylic acids is 1. The molecule has 2 fully saturated rings. The summed E-state index contributed by atoms with van der Waals surface area (Å²) in [6, 6.07) is 2.09. The van der Waals surface area contributed by atoms with E-state index < -0.39 is 0 Å². The summed E-state index contributed by atoms with van der Waals surface area (Å²) in [6.45, 7) is 7.67. The fourth-order valence-electron chi connectivity index (χ4n) is 3.94. The molecular weight excluding hydrogens is 328 g/mol. The van der Waals surface area contributed by atoms with Crippen LogP contribution in [0, 0.1) is 5.92 Å². The minimum absolute atomic E-state index is 0.0646. The summed E-state index contributed by atoms with van der Waals surface area (Å²) in [5, 5.41) is 5.01. The number of hydrogen-bond acceptors (Lipinski definition) is 5. The van der Waals surface area contributed by atoms with Crippen molar-refractivity contribution in [3.05, 3.63) is 23.0 Å². The summed E-state index contributed by atoms with van der Waals surface area (Å²) >= 11 is 0. The second kappa shape index (κ2) is 6.65. The highest BCUT2D eigenvalue weighted by Crippen LogP contribution is 2.41. The van der Waals surface area contributed by atoms with E-state index in [1.165, 1.54) is 0 Å². The van der Waals surface area contributed by atoms with E-state index in [1.807, 2.05) is 17.9 Å². The van der Waals surface area contributed by atoms with Gasteiger partial charge in [-0.2, -0.15) is 0 Å². The normalized spacial score (nSPS) is 22.2. The van der Waals surface area contributed by atoms with Crippen LogP contribution < -0.4 is 5.73 Å². The number of piperidine rings is 1. The summed E-state index contributed by atoms with van der Waals surface area (Å²) in [5.41, 5.74) is 9.09. The van der Waals surface area contributed by atoms with E-state index in [9.17, 15) is 4.79 Å². The molecule has 2 aromatic heterocycles. The lowest BCUT2D eigenvalue weighted by atomic mass is 9.91. The van der Waals surface area contributed by atoms with Crippen LogP contribution in [0.1, 0.15) is 80.0 Å². The first-order valence-electron chi connectivity index (χ1n) is 9.80. The number of rotatable bonds is 4. The van der Waals surface area contributed by atoms with Crippen molar-refractivity contribution in [3.8, 4) is 0 Å². The number of carbonyl (C=O) groups is 1. The second-order valence-corrected chi connectivity index (χ2v) is 8.28. The molecule has 1 amide bonds. The Kier molecular flexibility index (Phi) is 4.47. The second-order valence-electron chi connectivity index (χ2n) is 8.28. The van der Waals surface area contributed by atoms with Crippen LogP contribution in [-0.2, 0) is 0 Å². The minimum atomic E-state index is 0.0646. The van der Waals surface area contributed by atoms with Gasteiger partial charge in [0.25, 0.3) is 11.6 Å². The Hall–Kier alpha value is -1.95. The van der Waals surface area contributed by atoms with Crippen LogP contribution in [0.15, 0.2) is 10.6 Å². The number of aromatic nitrogens is 2. The molecule has 2 unspecified atom stereocenters. The van der Waals surface area contributed by atoms with E-state index in [1.54, 1.807) is 0 Å². The lowest BCUT2D eigenvalue weighted by Crippen LogP contribution is -2.45. The Morgan fingerprint density at radius 3 is 2.73 bits per heavy atom. The van der Waals surface area contributed by atoms with Crippen LogP contribution in [0.5, 0.6) is 0 Å². The highest BCUT2D eigenvalue weighted by atomic mass is 16.5. The molecule has 1 aliphatic heterocycles. The molecule has 6 heteroatoms. The zero-order chi connectivity index (χ0) is 18.4. The molecule has 2 N–H and O–H groups in total. The fourth-order valence-corrected chi connectivity index (χ4v) is 3.94. The SMILES string of the molecule is CC(C)c1noc2nc(C3CC3)cc(C(=O)N3CCCC(C(C)N)C3)c12. The molecule has 0 bridgehead atoms. The molecule has 2 aliphatic rings. The van der Waals surface area contributed by atoms with Crippen molar-refractivity contribution in [2.75, 3.05) is 13.1 Å². The van der Waals surface area contributed by atoms with Crippen molar-refractivity contribution in [1.29, 1.82) is 0 Å². The van der Waals surface area contributed by atoms with E-state index in [-0.39, 0.29) is 17.9 Å². The first-order valence-corrected chi connectivity index (χ1v) is 9.80. The predicted molar refractivity (Wildman–Crippen MR) is 100 cm³/mol. The van der Waals surface area contributed by atoms with Crippen LogP contribution >= 0.6 is 0 Å². The number of pyridine rings is 1. The van der Waals surface area contributed by atoms with Gasteiger partial charge in [-0.25, -0.2) is 4.98 Å². The highest BCUT2D eigenvalue weighted by molar-refractivity contribution is 6.06. The lowest BCUT2D eigenvalue weighted by Gasteiger charge is -2.34. The molecule has 0 spiro atoms. The minimum Gasteiger partial charge on any atom is -0.338 e. The third kappa shape index (κ3) is 3.11. The lowest BCUT2D eigenvalue weighted by molar-refractivity contribution is 0.0662. The number of fused-ring (bicyclic) bond motifs is 1. The molecule has 140 valence electrons. The van der Waals surface area contributed by atoms with Crippen LogP contribution in [-0.4, -0.2) is 40.1 Å². The van der Waals surface area contributed by atoms with Gasteiger partial charge in [-0.15, -0.1) is 0 Å². The quantitative estimate of drug-likeness (QED) is 0.907. The summed E-state index contributed by atoms with van der Waals surface area (Å²) < 4.78 is 5.51. The number of likely N-dealkylation sites (tertiary alicyclic amines) is 1. The van der Waals surface area contributed by atoms with Gasteiger partial charge in [0.2, 0.25) is 0 Å². The molecule has 4 rings (SSSR count). The third-order valence-corrected chi connectivity index (χ3v) is 5.75. The zero-order valence-electron chi connectivity index (χ0n) is 15.9. The van der Waals surface area contributed by atoms with Crippen molar-refractivity contribution in [2.45, 2.75) is 64.3 Å². The largest absolute Gasteiger partial charge is 0.338 e. The molecule has 26 heavy (non-hydrogen) atoms. The molecule has 3 heterocycles. The van der Waals surface area contributed by atoms with Gasteiger partial charge < -0.3 is 15.2 Å². The first kappa shape index (κ1) is 17.5. The molecule has 1 saturated carbocycles. The Morgan fingerprint density at radius 1 is 1.31 bits per heavy atom. The monoisotopic (exact) mass is 356 g/mol. The molecular formula is C20H28N4O2. The Balaban J connectivity index is 1.76. The van der Waals surface area contributed by atoms with Crippen molar-refractivity contribution in [1.82, 2.24) is 15.0 Å². The molecule has 0 aromatic carbocycles. The summed E-state index contributed by atoms with van der Waals surface area (Å²) in [6.07, 6.45) is 4.36. The Labute approximate surface area is 154 Å². The van der Waals surface area contributed by atoms with Gasteiger partial charge in [-0.1, -0.05) is 19.0 Å². The number of nitrogens with zero attached hydrogens (tertiary/aromatic N) is 3. The average molecular weight is 356 g/mol. The van der Waals surface area contributed by atoms with Crippen molar-refractivity contribution in [2.24, 2.45) is 11.7 Å². The molecule has 0 radical (unpaired) electrons. The van der Waals surface area contributed by atoms with E-state index >= 15 is 0 Å². The summed E-state index contributed by atoms with van der Waals surface area (Å²) in [7, 11) is 0. The van der Waals surface area contributed by atoms with Crippen LogP contribution in [0.3, 0.4) is 0 Å². The molecule has 2 aromatic rings. The van der Waals surface area contributed by atoms with Crippen LogP contribution in [0.2, 0.25) is 0 Å². The molecule has 1 aliphatic carbocycles. The van der Waals surface area contributed by atoms with Gasteiger partial charge in [0.1, 0.15) is 0 Å². The Bertz CT molecular complexity index is 823. The number of hydrogen-bond donors (Lipinski definition) is 1. The van der Waals surface area contributed by atoms with Gasteiger partial charge in [0, 0.05) is 30.7 Å². The molecule has 2 atom stereocenters. The standard InChI is InChI=1S/C20H28N4O2/c1-11(2)18-17-15(9-16(13-6-7-13)22-19(17)26-23-18)20(25)24-8-4-5-14(10-24)12(3)21/h9,11-14H,4-8,10,21H2,1-3H3. The predicted octanol–water partition coefficient (Wildman–Crippen LogP) is 3.42. The summed E-state index contributed by atoms with van der Waals surface area (Å²) in [4.78, 5) is 20.0. The maximum absolute atomic E-state index is 13.4. The van der Waals surface area contributed by atoms with Crippen molar-refractivity contribution < 1.29 is 9.32 Å². The van der Waals surface area contributed by atoms with E-state index in [2.05, 4.69) is 24.0 Å². The van der Waals surface area contributed by atoms with Gasteiger partial charge in [0.15, 0.2) is 0 Å². The van der Waals surface area contributed by atoms with E-state index in [0.717, 1.165) is 55.5 Å². The smallest absolute Gasteiger partial charge is 0.259 e. The number of amides is 1. The summed E-state index contributed by atoms with van der Waals surface area (Å²) in [5.74, 6) is 1.06. The maximum Gasteiger partial charge on any atom is 0.259 e. The van der Waals surface area contributed by atoms with Crippen molar-refractivity contribution in [3.63, 3.8) is 0 Å². The molecule has 1 saturated heterocycles. The maximum atomic E-state index is 13.4. The van der Waals surface area contributed by atoms with Crippen molar-refractivity contribution >= 4 is 17.0 Å². The molecule has 6 nitrogen and oxygen atoms in total. The fraction of sp³-hybridized carbons (Fsp3) is 0.650. The van der Waals surface area contributed by atoms with Crippen LogP contribution in [0.4, 0.5) is 0 Å². The number of nitrogens with two attached hydrogens (primary N) is 1. The van der Waals surface area contributed by atoms with Gasteiger partial charge in [-0.05, 0) is 50.5 Å².